The first-order valence-corrected chi connectivity index (χ1v) is 7.17. The third-order valence-electron chi connectivity index (χ3n) is 3.13. The standard InChI is InChI=1S/C16H15Cl2NO2/c1-10(12-8-7-11(17)9-14(12)18)19-16(20)13-5-3-4-6-15(13)21-2/h3-10H,1-2H3,(H,19,20)/t10-/m0/s1. The summed E-state index contributed by atoms with van der Waals surface area (Å²) in [6.07, 6.45) is 0. The van der Waals surface area contributed by atoms with Gasteiger partial charge in [-0.3, -0.25) is 4.79 Å². The predicted octanol–water partition coefficient (Wildman–Crippen LogP) is 4.49. The van der Waals surface area contributed by atoms with E-state index >= 15 is 0 Å². The van der Waals surface area contributed by atoms with E-state index in [1.165, 1.54) is 7.11 Å². The lowest BCUT2D eigenvalue weighted by Gasteiger charge is -2.17. The lowest BCUT2D eigenvalue weighted by atomic mass is 10.1. The maximum absolute atomic E-state index is 12.3. The number of carbonyl (C=O) groups is 1. The minimum Gasteiger partial charge on any atom is -0.496 e. The SMILES string of the molecule is COc1ccccc1C(=O)N[C@@H](C)c1ccc(Cl)cc1Cl. The molecule has 0 unspecified atom stereocenters. The summed E-state index contributed by atoms with van der Waals surface area (Å²) in [6, 6.07) is 12.0. The molecule has 1 atom stereocenters. The molecular formula is C16H15Cl2NO2. The monoisotopic (exact) mass is 323 g/mol. The second kappa shape index (κ2) is 6.83. The van der Waals surface area contributed by atoms with Gasteiger partial charge < -0.3 is 10.1 Å². The molecule has 0 spiro atoms. The van der Waals surface area contributed by atoms with E-state index in [4.69, 9.17) is 27.9 Å². The van der Waals surface area contributed by atoms with Gasteiger partial charge in [0.25, 0.3) is 5.91 Å². The summed E-state index contributed by atoms with van der Waals surface area (Å²) < 4.78 is 5.19. The van der Waals surface area contributed by atoms with Gasteiger partial charge in [-0.25, -0.2) is 0 Å². The summed E-state index contributed by atoms with van der Waals surface area (Å²) >= 11 is 12.0. The van der Waals surface area contributed by atoms with Crippen LogP contribution in [0.3, 0.4) is 0 Å². The Morgan fingerprint density at radius 3 is 2.57 bits per heavy atom. The van der Waals surface area contributed by atoms with Gasteiger partial charge in [-0.15, -0.1) is 0 Å². The van der Waals surface area contributed by atoms with Gasteiger partial charge in [-0.05, 0) is 36.8 Å². The van der Waals surface area contributed by atoms with Crippen LogP contribution in [0.5, 0.6) is 5.75 Å². The molecule has 3 nitrogen and oxygen atoms in total. The van der Waals surface area contributed by atoms with Crippen LogP contribution in [0.15, 0.2) is 42.5 Å². The molecule has 0 saturated carbocycles. The molecule has 0 saturated heterocycles. The molecule has 21 heavy (non-hydrogen) atoms. The average molecular weight is 324 g/mol. The highest BCUT2D eigenvalue weighted by Gasteiger charge is 2.16. The molecule has 110 valence electrons. The first-order chi connectivity index (χ1) is 10.0. The smallest absolute Gasteiger partial charge is 0.255 e. The van der Waals surface area contributed by atoms with E-state index in [2.05, 4.69) is 5.32 Å². The molecule has 2 aromatic rings. The van der Waals surface area contributed by atoms with Crippen LogP contribution in [0, 0.1) is 0 Å². The third kappa shape index (κ3) is 3.69. The van der Waals surface area contributed by atoms with E-state index in [9.17, 15) is 4.79 Å². The van der Waals surface area contributed by atoms with Crippen molar-refractivity contribution in [1.29, 1.82) is 0 Å². The first kappa shape index (κ1) is 15.7. The maximum atomic E-state index is 12.3. The second-order valence-corrected chi connectivity index (χ2v) is 5.40. The van der Waals surface area contributed by atoms with Crippen LogP contribution in [-0.4, -0.2) is 13.0 Å². The second-order valence-electron chi connectivity index (χ2n) is 4.56. The molecule has 0 aliphatic carbocycles. The Morgan fingerprint density at radius 2 is 1.90 bits per heavy atom. The summed E-state index contributed by atoms with van der Waals surface area (Å²) in [5, 5.41) is 3.99. The van der Waals surface area contributed by atoms with Crippen LogP contribution in [-0.2, 0) is 0 Å². The Labute approximate surface area is 133 Å². The molecule has 5 heteroatoms. The van der Waals surface area contributed by atoms with Gasteiger partial charge >= 0.3 is 0 Å². The predicted molar refractivity (Wildman–Crippen MR) is 85.3 cm³/mol. The highest BCUT2D eigenvalue weighted by molar-refractivity contribution is 6.35. The number of nitrogens with one attached hydrogen (secondary N) is 1. The quantitative estimate of drug-likeness (QED) is 0.900. The van der Waals surface area contributed by atoms with Gasteiger partial charge in [-0.2, -0.15) is 0 Å². The highest BCUT2D eigenvalue weighted by Crippen LogP contribution is 2.27. The number of rotatable bonds is 4. The molecular weight excluding hydrogens is 309 g/mol. The Hall–Kier alpha value is -1.71. The van der Waals surface area contributed by atoms with E-state index in [0.29, 0.717) is 21.4 Å². The van der Waals surface area contributed by atoms with Crippen molar-refractivity contribution in [3.8, 4) is 5.75 Å². The number of para-hydroxylation sites is 1. The van der Waals surface area contributed by atoms with Crippen molar-refractivity contribution >= 4 is 29.1 Å². The number of halogens is 2. The minimum atomic E-state index is -0.243. The number of ether oxygens (including phenoxy) is 1. The average Bonchev–Trinajstić information content (AvgIpc) is 2.46. The molecule has 0 aliphatic rings. The van der Waals surface area contributed by atoms with Gasteiger partial charge in [0, 0.05) is 10.0 Å². The zero-order valence-corrected chi connectivity index (χ0v) is 13.2. The lowest BCUT2D eigenvalue weighted by molar-refractivity contribution is 0.0937. The first-order valence-electron chi connectivity index (χ1n) is 6.41. The van der Waals surface area contributed by atoms with Crippen LogP contribution < -0.4 is 10.1 Å². The van der Waals surface area contributed by atoms with Gasteiger partial charge in [0.05, 0.1) is 18.7 Å². The topological polar surface area (TPSA) is 38.3 Å². The van der Waals surface area contributed by atoms with E-state index in [1.807, 2.05) is 13.0 Å². The van der Waals surface area contributed by atoms with Gasteiger partial charge in [0.1, 0.15) is 5.75 Å². The van der Waals surface area contributed by atoms with Crippen molar-refractivity contribution < 1.29 is 9.53 Å². The number of benzene rings is 2. The number of hydrogen-bond acceptors (Lipinski definition) is 2. The van der Waals surface area contributed by atoms with Crippen molar-refractivity contribution in [2.24, 2.45) is 0 Å². The Morgan fingerprint density at radius 1 is 1.19 bits per heavy atom. The molecule has 1 amide bonds. The fraction of sp³-hybridized carbons (Fsp3) is 0.188. The third-order valence-corrected chi connectivity index (χ3v) is 3.69. The summed E-state index contributed by atoms with van der Waals surface area (Å²) in [6.45, 7) is 1.86. The lowest BCUT2D eigenvalue weighted by Crippen LogP contribution is -2.27. The molecule has 0 aromatic heterocycles. The summed E-state index contributed by atoms with van der Waals surface area (Å²) in [5.41, 5.74) is 1.29. The van der Waals surface area contributed by atoms with E-state index < -0.39 is 0 Å². The zero-order valence-electron chi connectivity index (χ0n) is 11.7. The zero-order chi connectivity index (χ0) is 15.4. The van der Waals surface area contributed by atoms with Crippen LogP contribution in [0.2, 0.25) is 10.0 Å². The minimum absolute atomic E-state index is 0.217. The molecule has 0 aliphatic heterocycles. The Balaban J connectivity index is 2.19. The van der Waals surface area contributed by atoms with Gasteiger partial charge in [0.2, 0.25) is 0 Å². The van der Waals surface area contributed by atoms with Gasteiger partial charge in [0.15, 0.2) is 0 Å². The largest absolute Gasteiger partial charge is 0.496 e. The van der Waals surface area contributed by atoms with E-state index in [0.717, 1.165) is 5.56 Å². The van der Waals surface area contributed by atoms with Crippen LogP contribution in [0.25, 0.3) is 0 Å². The van der Waals surface area contributed by atoms with Crippen LogP contribution in [0.1, 0.15) is 28.9 Å². The number of amides is 1. The normalized spacial score (nSPS) is 11.8. The Kier molecular flexibility index (Phi) is 5.10. The van der Waals surface area contributed by atoms with Crippen molar-refractivity contribution in [2.75, 3.05) is 7.11 Å². The van der Waals surface area contributed by atoms with Crippen LogP contribution in [0.4, 0.5) is 0 Å². The molecule has 0 fully saturated rings. The summed E-state index contributed by atoms with van der Waals surface area (Å²) in [5.74, 6) is 0.315. The summed E-state index contributed by atoms with van der Waals surface area (Å²) in [7, 11) is 1.53. The molecule has 2 aromatic carbocycles. The maximum Gasteiger partial charge on any atom is 0.255 e. The number of hydrogen-bond donors (Lipinski definition) is 1. The summed E-state index contributed by atoms with van der Waals surface area (Å²) in [4.78, 5) is 12.3. The molecule has 0 heterocycles. The molecule has 0 bridgehead atoms. The van der Waals surface area contributed by atoms with E-state index in [-0.39, 0.29) is 11.9 Å². The fourth-order valence-electron chi connectivity index (χ4n) is 2.04. The molecule has 2 rings (SSSR count). The highest BCUT2D eigenvalue weighted by atomic mass is 35.5. The molecule has 0 radical (unpaired) electrons. The van der Waals surface area contributed by atoms with Crippen LogP contribution >= 0.6 is 23.2 Å². The molecule has 1 N–H and O–H groups in total. The van der Waals surface area contributed by atoms with Crippen molar-refractivity contribution in [2.45, 2.75) is 13.0 Å². The Bertz CT molecular complexity index is 658. The van der Waals surface area contributed by atoms with Gasteiger partial charge in [-0.1, -0.05) is 41.4 Å². The number of methoxy groups -OCH3 is 1. The number of carbonyl (C=O) groups excluding carboxylic acids is 1. The van der Waals surface area contributed by atoms with Crippen molar-refractivity contribution in [3.05, 3.63) is 63.6 Å². The van der Waals surface area contributed by atoms with Crippen molar-refractivity contribution in [3.63, 3.8) is 0 Å². The van der Waals surface area contributed by atoms with Crippen molar-refractivity contribution in [1.82, 2.24) is 5.32 Å². The fourth-order valence-corrected chi connectivity index (χ4v) is 2.61. The van der Waals surface area contributed by atoms with E-state index in [1.54, 1.807) is 36.4 Å².